The van der Waals surface area contributed by atoms with Crippen LogP contribution in [-0.2, 0) is 0 Å². The molecule has 4 rings (SSSR count). The molecule has 0 fully saturated rings. The van der Waals surface area contributed by atoms with Gasteiger partial charge in [0.2, 0.25) is 0 Å². The van der Waals surface area contributed by atoms with Gasteiger partial charge in [-0.15, -0.1) is 4.73 Å². The number of rotatable bonds is 1. The van der Waals surface area contributed by atoms with Crippen LogP contribution in [0.15, 0.2) is 59.4 Å². The molecule has 0 N–H and O–H groups in total. The molecule has 3 aromatic carbocycles. The first kappa shape index (κ1) is 12.9. The molecule has 0 saturated carbocycles. The maximum Gasteiger partial charge on any atom is 0.292 e. The highest BCUT2D eigenvalue weighted by molar-refractivity contribution is 6.15. The maximum absolute atomic E-state index is 12.9. The van der Waals surface area contributed by atoms with E-state index in [1.165, 1.54) is 11.8 Å². The van der Waals surface area contributed by atoms with Crippen LogP contribution in [0.5, 0.6) is 0 Å². The van der Waals surface area contributed by atoms with Gasteiger partial charge in [0.05, 0.1) is 10.9 Å². The van der Waals surface area contributed by atoms with Crippen LogP contribution < -0.4 is 10.4 Å². The molecule has 0 aliphatic heterocycles. The van der Waals surface area contributed by atoms with Crippen molar-refractivity contribution < 1.29 is 4.84 Å². The number of aromatic nitrogens is 1. The van der Waals surface area contributed by atoms with Crippen LogP contribution >= 0.6 is 0 Å². The van der Waals surface area contributed by atoms with E-state index in [9.17, 15) is 4.79 Å². The van der Waals surface area contributed by atoms with Gasteiger partial charge in [-0.2, -0.15) is 0 Å². The van der Waals surface area contributed by atoms with Crippen molar-refractivity contribution in [2.45, 2.75) is 6.92 Å². The van der Waals surface area contributed by atoms with Crippen LogP contribution in [0.4, 0.5) is 0 Å². The van der Waals surface area contributed by atoms with Crippen molar-refractivity contribution in [3.05, 3.63) is 70.5 Å². The highest BCUT2D eigenvalue weighted by atomic mass is 16.6. The molecule has 0 aliphatic rings. The van der Waals surface area contributed by atoms with E-state index in [1.807, 2.05) is 43.3 Å². The van der Waals surface area contributed by atoms with E-state index >= 15 is 0 Å². The first-order valence-electron chi connectivity index (χ1n) is 7.22. The van der Waals surface area contributed by atoms with E-state index in [-0.39, 0.29) is 5.56 Å². The summed E-state index contributed by atoms with van der Waals surface area (Å²) in [6, 6.07) is 18.1. The summed E-state index contributed by atoms with van der Waals surface area (Å²) in [5.74, 6) is 0. The predicted molar refractivity (Wildman–Crippen MR) is 90.5 cm³/mol. The lowest BCUT2D eigenvalue weighted by atomic mass is 9.99. The summed E-state index contributed by atoms with van der Waals surface area (Å²) in [7, 11) is 1.53. The first-order valence-corrected chi connectivity index (χ1v) is 7.22. The third-order valence-corrected chi connectivity index (χ3v) is 4.17. The number of aryl methyl sites for hydroxylation is 1. The summed E-state index contributed by atoms with van der Waals surface area (Å²) in [5, 5.41) is 4.70. The Morgan fingerprint density at radius 1 is 0.909 bits per heavy atom. The van der Waals surface area contributed by atoms with Gasteiger partial charge in [-0.05, 0) is 34.7 Å². The van der Waals surface area contributed by atoms with E-state index in [0.717, 1.165) is 32.6 Å². The van der Waals surface area contributed by atoms with Gasteiger partial charge in [-0.1, -0.05) is 48.5 Å². The molecule has 0 radical (unpaired) electrons. The van der Waals surface area contributed by atoms with Gasteiger partial charge in [-0.3, -0.25) is 4.79 Å². The van der Waals surface area contributed by atoms with Crippen LogP contribution in [0.2, 0.25) is 0 Å². The van der Waals surface area contributed by atoms with Gasteiger partial charge in [0.1, 0.15) is 7.11 Å². The summed E-state index contributed by atoms with van der Waals surface area (Å²) in [6.07, 6.45) is 0. The molecule has 108 valence electrons. The van der Waals surface area contributed by atoms with Gasteiger partial charge in [0.25, 0.3) is 5.56 Å². The van der Waals surface area contributed by atoms with Crippen molar-refractivity contribution in [3.63, 3.8) is 0 Å². The van der Waals surface area contributed by atoms with Gasteiger partial charge in [0, 0.05) is 5.39 Å². The van der Waals surface area contributed by atoms with Gasteiger partial charge >= 0.3 is 0 Å². The van der Waals surface area contributed by atoms with Gasteiger partial charge in [0.15, 0.2) is 0 Å². The van der Waals surface area contributed by atoms with E-state index in [0.29, 0.717) is 5.39 Å². The highest BCUT2D eigenvalue weighted by Gasteiger charge is 2.13. The second-order valence-corrected chi connectivity index (χ2v) is 5.51. The van der Waals surface area contributed by atoms with Crippen LogP contribution in [0.25, 0.3) is 32.4 Å². The minimum atomic E-state index is -0.118. The largest absolute Gasteiger partial charge is 0.413 e. The number of nitrogens with zero attached hydrogens (tertiary/aromatic N) is 1. The molecule has 0 amide bonds. The third-order valence-electron chi connectivity index (χ3n) is 4.17. The average molecular weight is 289 g/mol. The molecule has 0 spiro atoms. The van der Waals surface area contributed by atoms with Crippen molar-refractivity contribution in [2.24, 2.45) is 0 Å². The molecule has 1 heterocycles. The summed E-state index contributed by atoms with van der Waals surface area (Å²) in [4.78, 5) is 18.3. The van der Waals surface area contributed by atoms with Gasteiger partial charge in [-0.25, -0.2) is 0 Å². The van der Waals surface area contributed by atoms with Gasteiger partial charge < -0.3 is 4.84 Å². The lowest BCUT2D eigenvalue weighted by Gasteiger charge is -2.13. The van der Waals surface area contributed by atoms with Crippen LogP contribution in [0, 0.1) is 6.92 Å². The Balaban J connectivity index is 2.38. The summed E-state index contributed by atoms with van der Waals surface area (Å²) >= 11 is 0. The van der Waals surface area contributed by atoms with Crippen molar-refractivity contribution in [3.8, 4) is 0 Å². The van der Waals surface area contributed by atoms with E-state index in [2.05, 4.69) is 18.2 Å². The van der Waals surface area contributed by atoms with E-state index in [4.69, 9.17) is 4.84 Å². The molecular formula is C19H15NO2. The summed E-state index contributed by atoms with van der Waals surface area (Å²) < 4.78 is 1.39. The lowest BCUT2D eigenvalue weighted by molar-refractivity contribution is 0.170. The van der Waals surface area contributed by atoms with Crippen molar-refractivity contribution in [1.82, 2.24) is 4.73 Å². The van der Waals surface area contributed by atoms with Crippen LogP contribution in [0.1, 0.15) is 5.56 Å². The zero-order valence-electron chi connectivity index (χ0n) is 12.5. The molecular weight excluding hydrogens is 274 g/mol. The zero-order valence-corrected chi connectivity index (χ0v) is 12.5. The second-order valence-electron chi connectivity index (χ2n) is 5.51. The molecule has 0 unspecified atom stereocenters. The fraction of sp³-hybridized carbons (Fsp3) is 0.105. The topological polar surface area (TPSA) is 31.2 Å². The number of benzene rings is 3. The molecule has 4 aromatic rings. The summed E-state index contributed by atoms with van der Waals surface area (Å²) in [6.45, 7) is 2.01. The summed E-state index contributed by atoms with van der Waals surface area (Å²) in [5.41, 5.74) is 1.78. The Morgan fingerprint density at radius 3 is 2.50 bits per heavy atom. The Bertz CT molecular complexity index is 1090. The normalized spacial score (nSPS) is 11.4. The minimum absolute atomic E-state index is 0.118. The van der Waals surface area contributed by atoms with Crippen molar-refractivity contribution in [2.75, 3.05) is 7.11 Å². The fourth-order valence-corrected chi connectivity index (χ4v) is 3.16. The number of hydrogen-bond donors (Lipinski definition) is 0. The van der Waals surface area contributed by atoms with Crippen LogP contribution in [-0.4, -0.2) is 11.8 Å². The Labute approximate surface area is 127 Å². The SMILES string of the molecule is COn1c(=O)c2c3ccccc3ccc2c2ccc(C)cc21. The fourth-order valence-electron chi connectivity index (χ4n) is 3.16. The standard InChI is InChI=1S/C19H15NO2/c1-12-7-9-15-16-10-8-13-5-3-4-6-14(13)18(16)19(21)20(22-2)17(15)11-12/h3-11H,1-2H3. The minimum Gasteiger partial charge on any atom is -0.413 e. The maximum atomic E-state index is 12.9. The average Bonchev–Trinajstić information content (AvgIpc) is 2.54. The quantitative estimate of drug-likeness (QED) is 0.501. The van der Waals surface area contributed by atoms with Crippen LogP contribution in [0.3, 0.4) is 0 Å². The molecule has 3 nitrogen and oxygen atoms in total. The molecule has 0 aliphatic carbocycles. The number of pyridine rings is 1. The smallest absolute Gasteiger partial charge is 0.292 e. The Hall–Kier alpha value is -2.81. The number of fused-ring (bicyclic) bond motifs is 5. The molecule has 22 heavy (non-hydrogen) atoms. The first-order chi connectivity index (χ1) is 10.7. The second kappa shape index (κ2) is 4.60. The molecule has 3 heteroatoms. The van der Waals surface area contributed by atoms with Crippen molar-refractivity contribution >= 4 is 32.4 Å². The number of hydrogen-bond acceptors (Lipinski definition) is 2. The molecule has 0 atom stereocenters. The molecule has 0 saturated heterocycles. The third kappa shape index (κ3) is 1.65. The Kier molecular flexibility index (Phi) is 2.70. The van der Waals surface area contributed by atoms with E-state index in [1.54, 1.807) is 0 Å². The Morgan fingerprint density at radius 2 is 1.68 bits per heavy atom. The zero-order chi connectivity index (χ0) is 15.3. The predicted octanol–water partition coefficient (Wildman–Crippen LogP) is 3.67. The lowest BCUT2D eigenvalue weighted by Crippen LogP contribution is -2.25. The van der Waals surface area contributed by atoms with E-state index < -0.39 is 0 Å². The van der Waals surface area contributed by atoms with Crippen molar-refractivity contribution in [1.29, 1.82) is 0 Å². The molecule has 1 aromatic heterocycles. The monoisotopic (exact) mass is 289 g/mol. The highest BCUT2D eigenvalue weighted by Crippen LogP contribution is 2.28. The molecule has 0 bridgehead atoms.